The number of nitrogens with zero attached hydrogens (tertiary/aromatic N) is 1. The molecule has 1 N–H and O–H groups in total. The van der Waals surface area contributed by atoms with Gasteiger partial charge in [0.1, 0.15) is 10.7 Å². The Kier molecular flexibility index (Phi) is 3.64. The van der Waals surface area contributed by atoms with Crippen LogP contribution in [0.15, 0.2) is 29.1 Å². The lowest BCUT2D eigenvalue weighted by Crippen LogP contribution is -2.11. The van der Waals surface area contributed by atoms with Gasteiger partial charge in [0, 0.05) is 16.9 Å². The van der Waals surface area contributed by atoms with Gasteiger partial charge in [0.2, 0.25) is 0 Å². The van der Waals surface area contributed by atoms with Crippen molar-refractivity contribution in [3.8, 4) is 11.1 Å². The minimum atomic E-state index is -0.0247. The predicted octanol–water partition coefficient (Wildman–Crippen LogP) is 4.22. The second-order valence-corrected chi connectivity index (χ2v) is 6.55. The Morgan fingerprint density at radius 2 is 1.90 bits per heavy atom. The smallest absolute Gasteiger partial charge is 0.260 e. The molecule has 0 aliphatic heterocycles. The number of hydrogen-bond donors (Lipinski definition) is 1. The Morgan fingerprint density at radius 1 is 1.19 bits per heavy atom. The fourth-order valence-corrected chi connectivity index (χ4v) is 3.65. The highest BCUT2D eigenvalue weighted by Gasteiger charge is 2.16. The average Bonchev–Trinajstić information content (AvgIpc) is 2.77. The van der Waals surface area contributed by atoms with Crippen molar-refractivity contribution in [3.05, 3.63) is 50.9 Å². The van der Waals surface area contributed by atoms with Crippen LogP contribution in [-0.4, -0.2) is 9.97 Å². The molecule has 0 amide bonds. The van der Waals surface area contributed by atoms with Gasteiger partial charge in [-0.05, 0) is 25.8 Å². The lowest BCUT2D eigenvalue weighted by molar-refractivity contribution is 0.838. The van der Waals surface area contributed by atoms with E-state index < -0.39 is 0 Å². The molecule has 0 radical (unpaired) electrons. The standard InChI is InChI=1S/C17H18N2OS/c1-4-5-13-18-16(20)15-14(11(3)21-17(15)19-13)12-8-6-10(2)7-9-12/h6-9H,4-5H2,1-3H3,(H,18,19,20). The molecule has 0 spiro atoms. The van der Waals surface area contributed by atoms with Gasteiger partial charge in [-0.25, -0.2) is 4.98 Å². The van der Waals surface area contributed by atoms with Gasteiger partial charge in [-0.2, -0.15) is 0 Å². The number of rotatable bonds is 3. The van der Waals surface area contributed by atoms with E-state index in [1.54, 1.807) is 11.3 Å². The molecule has 108 valence electrons. The maximum Gasteiger partial charge on any atom is 0.260 e. The number of aromatic amines is 1. The summed E-state index contributed by atoms with van der Waals surface area (Å²) in [6.45, 7) is 6.20. The molecule has 2 heterocycles. The SMILES string of the molecule is CCCc1nc2sc(C)c(-c3ccc(C)cc3)c2c(=O)[nH]1. The summed E-state index contributed by atoms with van der Waals surface area (Å²) in [6, 6.07) is 8.29. The molecule has 3 rings (SSSR count). The summed E-state index contributed by atoms with van der Waals surface area (Å²) in [7, 11) is 0. The van der Waals surface area contributed by atoms with Gasteiger partial charge < -0.3 is 4.98 Å². The van der Waals surface area contributed by atoms with E-state index in [4.69, 9.17) is 0 Å². The molecule has 3 nitrogen and oxygen atoms in total. The van der Waals surface area contributed by atoms with Crippen molar-refractivity contribution in [2.24, 2.45) is 0 Å². The molecular weight excluding hydrogens is 280 g/mol. The third-order valence-corrected chi connectivity index (χ3v) is 4.61. The second kappa shape index (κ2) is 5.45. The molecule has 0 unspecified atom stereocenters. The maximum atomic E-state index is 12.5. The lowest BCUT2D eigenvalue weighted by Gasteiger charge is -2.03. The normalized spacial score (nSPS) is 11.2. The van der Waals surface area contributed by atoms with E-state index in [0.29, 0.717) is 0 Å². The summed E-state index contributed by atoms with van der Waals surface area (Å²) in [6.07, 6.45) is 1.78. The largest absolute Gasteiger partial charge is 0.310 e. The van der Waals surface area contributed by atoms with Crippen LogP contribution in [0.2, 0.25) is 0 Å². The zero-order valence-corrected chi connectivity index (χ0v) is 13.3. The summed E-state index contributed by atoms with van der Waals surface area (Å²) in [5.74, 6) is 0.784. The van der Waals surface area contributed by atoms with Crippen molar-refractivity contribution < 1.29 is 0 Å². The van der Waals surface area contributed by atoms with Gasteiger partial charge in [0.25, 0.3) is 5.56 Å². The number of nitrogens with one attached hydrogen (secondary N) is 1. The van der Waals surface area contributed by atoms with E-state index >= 15 is 0 Å². The van der Waals surface area contributed by atoms with Gasteiger partial charge in [-0.3, -0.25) is 4.79 Å². The van der Waals surface area contributed by atoms with Gasteiger partial charge in [0.05, 0.1) is 5.39 Å². The van der Waals surface area contributed by atoms with Crippen LogP contribution in [0.3, 0.4) is 0 Å². The van der Waals surface area contributed by atoms with Crippen LogP contribution in [0, 0.1) is 13.8 Å². The van der Waals surface area contributed by atoms with Crippen LogP contribution in [-0.2, 0) is 6.42 Å². The number of fused-ring (bicyclic) bond motifs is 1. The quantitative estimate of drug-likeness (QED) is 0.787. The number of hydrogen-bond acceptors (Lipinski definition) is 3. The minimum Gasteiger partial charge on any atom is -0.310 e. The molecule has 0 atom stereocenters. The first-order valence-corrected chi connectivity index (χ1v) is 8.01. The molecule has 1 aromatic carbocycles. The average molecular weight is 298 g/mol. The van der Waals surface area contributed by atoms with Crippen molar-refractivity contribution in [2.45, 2.75) is 33.6 Å². The third-order valence-electron chi connectivity index (χ3n) is 3.61. The number of aryl methyl sites for hydroxylation is 3. The monoisotopic (exact) mass is 298 g/mol. The lowest BCUT2D eigenvalue weighted by atomic mass is 10.0. The molecule has 4 heteroatoms. The van der Waals surface area contributed by atoms with Crippen LogP contribution >= 0.6 is 11.3 Å². The van der Waals surface area contributed by atoms with Crippen LogP contribution in [0.5, 0.6) is 0 Å². The molecule has 0 aliphatic rings. The highest BCUT2D eigenvalue weighted by atomic mass is 32.1. The Labute approximate surface area is 127 Å². The first-order valence-electron chi connectivity index (χ1n) is 7.19. The zero-order valence-electron chi connectivity index (χ0n) is 12.5. The Morgan fingerprint density at radius 3 is 2.57 bits per heavy atom. The van der Waals surface area contributed by atoms with Gasteiger partial charge >= 0.3 is 0 Å². The van der Waals surface area contributed by atoms with Crippen LogP contribution in [0.25, 0.3) is 21.3 Å². The minimum absolute atomic E-state index is 0.0247. The van der Waals surface area contributed by atoms with Crippen LogP contribution in [0.4, 0.5) is 0 Å². The molecule has 3 aromatic rings. The van der Waals surface area contributed by atoms with Gasteiger partial charge in [-0.1, -0.05) is 36.8 Å². The first-order chi connectivity index (χ1) is 10.1. The summed E-state index contributed by atoms with van der Waals surface area (Å²) in [5, 5.41) is 0.723. The fourth-order valence-electron chi connectivity index (χ4n) is 2.59. The van der Waals surface area contributed by atoms with Crippen molar-refractivity contribution in [1.29, 1.82) is 0 Å². The number of benzene rings is 1. The third kappa shape index (κ3) is 2.51. The predicted molar refractivity (Wildman–Crippen MR) is 89.1 cm³/mol. The van der Waals surface area contributed by atoms with E-state index in [9.17, 15) is 4.79 Å². The number of aromatic nitrogens is 2. The first kappa shape index (κ1) is 14.0. The summed E-state index contributed by atoms with van der Waals surface area (Å²) >= 11 is 1.60. The Hall–Kier alpha value is -1.94. The highest BCUT2D eigenvalue weighted by molar-refractivity contribution is 7.19. The molecule has 0 saturated heterocycles. The van der Waals surface area contributed by atoms with E-state index in [1.165, 1.54) is 5.56 Å². The van der Waals surface area contributed by atoms with Crippen molar-refractivity contribution >= 4 is 21.6 Å². The van der Waals surface area contributed by atoms with Crippen molar-refractivity contribution in [3.63, 3.8) is 0 Å². The number of thiophene rings is 1. The molecular formula is C17H18N2OS. The summed E-state index contributed by atoms with van der Waals surface area (Å²) in [5.41, 5.74) is 3.29. The molecule has 21 heavy (non-hydrogen) atoms. The summed E-state index contributed by atoms with van der Waals surface area (Å²) < 4.78 is 0. The topological polar surface area (TPSA) is 45.8 Å². The highest BCUT2D eigenvalue weighted by Crippen LogP contribution is 2.35. The van der Waals surface area contributed by atoms with E-state index in [-0.39, 0.29) is 5.56 Å². The van der Waals surface area contributed by atoms with Crippen LogP contribution in [0.1, 0.15) is 29.6 Å². The molecule has 0 bridgehead atoms. The van der Waals surface area contributed by atoms with Crippen molar-refractivity contribution in [2.75, 3.05) is 0 Å². The maximum absolute atomic E-state index is 12.5. The summed E-state index contributed by atoms with van der Waals surface area (Å²) in [4.78, 5) is 22.0. The van der Waals surface area contributed by atoms with Crippen molar-refractivity contribution in [1.82, 2.24) is 9.97 Å². The van der Waals surface area contributed by atoms with Crippen LogP contribution < -0.4 is 5.56 Å². The van der Waals surface area contributed by atoms with Gasteiger partial charge in [0.15, 0.2) is 0 Å². The molecule has 2 aromatic heterocycles. The van der Waals surface area contributed by atoms with E-state index in [0.717, 1.165) is 44.9 Å². The Balaban J connectivity index is 2.26. The molecule has 0 aliphatic carbocycles. The number of H-pyrrole nitrogens is 1. The van der Waals surface area contributed by atoms with Gasteiger partial charge in [-0.15, -0.1) is 11.3 Å². The van der Waals surface area contributed by atoms with E-state index in [1.807, 2.05) is 0 Å². The van der Waals surface area contributed by atoms with E-state index in [2.05, 4.69) is 55.0 Å². The fraction of sp³-hybridized carbons (Fsp3) is 0.294. The molecule has 0 saturated carbocycles. The molecule has 0 fully saturated rings. The zero-order chi connectivity index (χ0) is 15.0. The second-order valence-electron chi connectivity index (χ2n) is 5.34. The Bertz CT molecular complexity index is 844.